The lowest BCUT2D eigenvalue weighted by molar-refractivity contribution is -0.123. The van der Waals surface area contributed by atoms with Crippen LogP contribution >= 0.6 is 0 Å². The van der Waals surface area contributed by atoms with Crippen molar-refractivity contribution in [2.24, 2.45) is 18.4 Å². The average molecular weight is 458 g/mol. The third kappa shape index (κ3) is 3.61. The van der Waals surface area contributed by atoms with Gasteiger partial charge in [-0.25, -0.2) is 4.39 Å². The Bertz CT molecular complexity index is 1360. The number of anilines is 2. The Labute approximate surface area is 196 Å². The smallest absolute Gasteiger partial charge is 0.247 e. The maximum atomic E-state index is 15.5. The van der Waals surface area contributed by atoms with E-state index in [1.807, 2.05) is 0 Å². The summed E-state index contributed by atoms with van der Waals surface area (Å²) in [5.74, 6) is -1.01. The number of halogens is 1. The van der Waals surface area contributed by atoms with Crippen LogP contribution in [0, 0.1) is 28.5 Å². The van der Waals surface area contributed by atoms with Gasteiger partial charge in [0.15, 0.2) is 0 Å². The molecule has 2 aliphatic rings. The van der Waals surface area contributed by atoms with E-state index in [-0.39, 0.29) is 34.7 Å². The molecule has 0 bridgehead atoms. The van der Waals surface area contributed by atoms with Crippen molar-refractivity contribution in [1.82, 2.24) is 14.8 Å². The Balaban J connectivity index is 1.55. The van der Waals surface area contributed by atoms with Crippen molar-refractivity contribution in [2.75, 3.05) is 16.8 Å². The molecule has 0 radical (unpaired) electrons. The van der Waals surface area contributed by atoms with Gasteiger partial charge in [0.2, 0.25) is 11.8 Å². The predicted octanol–water partition coefficient (Wildman–Crippen LogP) is 3.90. The third-order valence-corrected chi connectivity index (χ3v) is 6.58. The van der Waals surface area contributed by atoms with E-state index in [9.17, 15) is 14.9 Å². The number of aromatic nitrogens is 3. The summed E-state index contributed by atoms with van der Waals surface area (Å²) in [5.41, 5.74) is 1.53. The van der Waals surface area contributed by atoms with Gasteiger partial charge in [-0.15, -0.1) is 0 Å². The number of aryl methyl sites for hydroxylation is 1. The fourth-order valence-electron chi connectivity index (χ4n) is 4.75. The molecule has 172 valence electrons. The van der Waals surface area contributed by atoms with Crippen LogP contribution in [0.5, 0.6) is 0 Å². The number of pyridine rings is 1. The van der Waals surface area contributed by atoms with E-state index in [1.54, 1.807) is 47.2 Å². The number of rotatable bonds is 5. The normalized spacial score (nSPS) is 19.8. The highest BCUT2D eigenvalue weighted by atomic mass is 19.1. The van der Waals surface area contributed by atoms with Crippen molar-refractivity contribution in [2.45, 2.75) is 26.2 Å². The molecule has 1 saturated heterocycles. The fraction of sp³-hybridized carbons (Fsp3) is 0.320. The van der Waals surface area contributed by atoms with E-state index in [2.05, 4.69) is 21.5 Å². The van der Waals surface area contributed by atoms with Crippen LogP contribution in [-0.4, -0.2) is 33.1 Å². The summed E-state index contributed by atoms with van der Waals surface area (Å²) in [6.07, 6.45) is 7.15. The van der Waals surface area contributed by atoms with Crippen LogP contribution in [0.3, 0.4) is 0 Å². The van der Waals surface area contributed by atoms with E-state index in [0.29, 0.717) is 29.8 Å². The quantitative estimate of drug-likeness (QED) is 0.624. The molecule has 2 aromatic heterocycles. The minimum absolute atomic E-state index is 0.111. The molecule has 1 aliphatic heterocycles. The molecular weight excluding hydrogens is 435 g/mol. The average Bonchev–Trinajstić information content (AvgIpc) is 3.47. The van der Waals surface area contributed by atoms with Crippen molar-refractivity contribution in [3.8, 4) is 28.5 Å². The van der Waals surface area contributed by atoms with Crippen molar-refractivity contribution in [1.29, 1.82) is 5.26 Å². The molecule has 8 nitrogen and oxygen atoms in total. The standard InChI is InChI=1S/C25H23FN6O2/c1-15(33)30-22-10-16(17-12-29-31(2)13-17)9-20(26)23(22)21-11-19(5-7-28-21)32-8-6-25(14-27,24(32)34)18-3-4-18/h5,7,9-13,18H,3-4,6,8H2,1-2H3,(H,30,33)/t25-/m1/s1. The predicted molar refractivity (Wildman–Crippen MR) is 124 cm³/mol. The SMILES string of the molecule is CC(=O)Nc1cc(-c2cnn(C)c2)cc(F)c1-c1cc(N2CC[C@@](C#N)(C3CC3)C2=O)ccn1. The van der Waals surface area contributed by atoms with Crippen LogP contribution in [0.2, 0.25) is 0 Å². The van der Waals surface area contributed by atoms with Crippen LogP contribution in [0.25, 0.3) is 22.4 Å². The van der Waals surface area contributed by atoms with Crippen molar-refractivity contribution in [3.63, 3.8) is 0 Å². The lowest BCUT2D eigenvalue weighted by atomic mass is 9.83. The molecule has 5 rings (SSSR count). The number of hydrogen-bond donors (Lipinski definition) is 1. The molecule has 34 heavy (non-hydrogen) atoms. The molecule has 2 fully saturated rings. The summed E-state index contributed by atoms with van der Waals surface area (Å²) >= 11 is 0. The van der Waals surface area contributed by atoms with Gasteiger partial charge >= 0.3 is 0 Å². The topological polar surface area (TPSA) is 104 Å². The molecule has 1 N–H and O–H groups in total. The highest BCUT2D eigenvalue weighted by Crippen LogP contribution is 2.52. The lowest BCUT2D eigenvalue weighted by Crippen LogP contribution is -2.35. The van der Waals surface area contributed by atoms with Crippen LogP contribution < -0.4 is 10.2 Å². The summed E-state index contributed by atoms with van der Waals surface area (Å²) in [6.45, 7) is 1.78. The molecule has 1 aliphatic carbocycles. The van der Waals surface area contributed by atoms with E-state index in [4.69, 9.17) is 0 Å². The van der Waals surface area contributed by atoms with Gasteiger partial charge < -0.3 is 10.2 Å². The molecular formula is C25H23FN6O2. The molecule has 1 atom stereocenters. The number of carbonyl (C=O) groups is 2. The number of hydrogen-bond acceptors (Lipinski definition) is 5. The van der Waals surface area contributed by atoms with Crippen LogP contribution in [0.4, 0.5) is 15.8 Å². The second-order valence-corrected chi connectivity index (χ2v) is 8.93. The first kappa shape index (κ1) is 21.8. The number of nitrogens with zero attached hydrogens (tertiary/aromatic N) is 5. The van der Waals surface area contributed by atoms with Gasteiger partial charge in [0.25, 0.3) is 0 Å². The summed E-state index contributed by atoms with van der Waals surface area (Å²) in [7, 11) is 1.77. The van der Waals surface area contributed by atoms with Crippen LogP contribution in [-0.2, 0) is 16.6 Å². The maximum Gasteiger partial charge on any atom is 0.247 e. The number of nitriles is 1. The Hall–Kier alpha value is -4.06. The highest BCUT2D eigenvalue weighted by Gasteiger charge is 2.56. The van der Waals surface area contributed by atoms with Gasteiger partial charge in [0.1, 0.15) is 11.2 Å². The van der Waals surface area contributed by atoms with E-state index in [1.165, 1.54) is 19.2 Å². The highest BCUT2D eigenvalue weighted by molar-refractivity contribution is 6.03. The number of benzene rings is 1. The zero-order valence-electron chi connectivity index (χ0n) is 18.9. The summed E-state index contributed by atoms with van der Waals surface area (Å²) in [5, 5.41) is 16.6. The fourth-order valence-corrected chi connectivity index (χ4v) is 4.75. The Kier molecular flexibility index (Phi) is 5.16. The van der Waals surface area contributed by atoms with Gasteiger partial charge in [-0.3, -0.25) is 19.3 Å². The second-order valence-electron chi connectivity index (χ2n) is 8.93. The van der Waals surface area contributed by atoms with E-state index in [0.717, 1.165) is 12.8 Å². The molecule has 1 aromatic carbocycles. The second kappa shape index (κ2) is 8.06. The first-order valence-corrected chi connectivity index (χ1v) is 11.1. The number of amides is 2. The van der Waals surface area contributed by atoms with Gasteiger partial charge in [-0.05, 0) is 55.0 Å². The Morgan fingerprint density at radius 1 is 1.29 bits per heavy atom. The summed E-state index contributed by atoms with van der Waals surface area (Å²) in [6, 6.07) is 8.65. The monoisotopic (exact) mass is 458 g/mol. The molecule has 0 spiro atoms. The first-order chi connectivity index (χ1) is 16.3. The molecule has 3 aromatic rings. The maximum absolute atomic E-state index is 15.5. The van der Waals surface area contributed by atoms with Crippen molar-refractivity contribution in [3.05, 3.63) is 48.7 Å². The molecule has 9 heteroatoms. The van der Waals surface area contributed by atoms with Gasteiger partial charge in [0, 0.05) is 44.2 Å². The minimum atomic E-state index is -0.971. The molecule has 1 saturated carbocycles. The largest absolute Gasteiger partial charge is 0.326 e. The van der Waals surface area contributed by atoms with Gasteiger partial charge in [-0.1, -0.05) is 0 Å². The van der Waals surface area contributed by atoms with Crippen molar-refractivity contribution >= 4 is 23.2 Å². The Morgan fingerprint density at radius 2 is 2.09 bits per heavy atom. The number of nitrogens with one attached hydrogen (secondary N) is 1. The molecule has 2 amide bonds. The van der Waals surface area contributed by atoms with Crippen LogP contribution in [0.15, 0.2) is 42.9 Å². The Morgan fingerprint density at radius 3 is 2.74 bits per heavy atom. The minimum Gasteiger partial charge on any atom is -0.326 e. The lowest BCUT2D eigenvalue weighted by Gasteiger charge is -2.21. The zero-order chi connectivity index (χ0) is 24.0. The van der Waals surface area contributed by atoms with Crippen LogP contribution in [0.1, 0.15) is 26.2 Å². The summed E-state index contributed by atoms with van der Waals surface area (Å²) in [4.78, 5) is 31.0. The molecule has 3 heterocycles. The zero-order valence-corrected chi connectivity index (χ0v) is 18.9. The van der Waals surface area contributed by atoms with Crippen molar-refractivity contribution < 1.29 is 14.0 Å². The number of carbonyl (C=O) groups excluding carboxylic acids is 2. The van der Waals surface area contributed by atoms with Gasteiger partial charge in [0.05, 0.1) is 29.2 Å². The summed E-state index contributed by atoms with van der Waals surface area (Å²) < 4.78 is 17.1. The van der Waals surface area contributed by atoms with E-state index < -0.39 is 11.2 Å². The third-order valence-electron chi connectivity index (χ3n) is 6.58. The molecule has 0 unspecified atom stereocenters. The first-order valence-electron chi connectivity index (χ1n) is 11.1. The van der Waals surface area contributed by atoms with Gasteiger partial charge in [-0.2, -0.15) is 10.4 Å². The van der Waals surface area contributed by atoms with E-state index >= 15 is 4.39 Å².